The van der Waals surface area contributed by atoms with Gasteiger partial charge in [-0.3, -0.25) is 0 Å². The molecule has 0 bridgehead atoms. The van der Waals surface area contributed by atoms with Crippen LogP contribution in [0.15, 0.2) is 6.20 Å². The van der Waals surface area contributed by atoms with Gasteiger partial charge in [0.2, 0.25) is 0 Å². The summed E-state index contributed by atoms with van der Waals surface area (Å²) >= 11 is 1.76. The first-order valence-corrected chi connectivity index (χ1v) is 5.37. The number of hydrogen-bond acceptors (Lipinski definition) is 3. The van der Waals surface area contributed by atoms with Crippen molar-refractivity contribution in [2.24, 2.45) is 0 Å². The Kier molecular flexibility index (Phi) is 4.08. The highest BCUT2D eigenvalue weighted by Crippen LogP contribution is 2.17. The molecule has 2 nitrogen and oxygen atoms in total. The van der Waals surface area contributed by atoms with Crippen molar-refractivity contribution < 1.29 is 0 Å². The van der Waals surface area contributed by atoms with E-state index in [2.05, 4.69) is 24.1 Å². The minimum Gasteiger partial charge on any atom is -0.362 e. The standard InChI is InChI=1S/C9H16N2S/c1-3-5-6-10-9-11-7-8(4-2)12-9/h7H,3-6H2,1-2H3,(H,10,11). The number of nitrogens with one attached hydrogen (secondary N) is 1. The summed E-state index contributed by atoms with van der Waals surface area (Å²) < 4.78 is 0. The molecular formula is C9H16N2S. The normalized spacial score (nSPS) is 10.2. The van der Waals surface area contributed by atoms with Crippen LogP contribution in [0.4, 0.5) is 5.13 Å². The molecule has 0 fully saturated rings. The Morgan fingerprint density at radius 1 is 1.50 bits per heavy atom. The third-order valence-corrected chi connectivity index (χ3v) is 2.81. The summed E-state index contributed by atoms with van der Waals surface area (Å²) in [7, 11) is 0. The third kappa shape index (κ3) is 2.81. The number of unbranched alkanes of at least 4 members (excludes halogenated alkanes) is 1. The van der Waals surface area contributed by atoms with Gasteiger partial charge in [0.15, 0.2) is 5.13 Å². The molecule has 0 aromatic carbocycles. The molecule has 0 atom stereocenters. The quantitative estimate of drug-likeness (QED) is 0.712. The van der Waals surface area contributed by atoms with E-state index in [0.717, 1.165) is 18.1 Å². The molecule has 1 aromatic heterocycles. The SMILES string of the molecule is CCCCNc1ncc(CC)s1. The first kappa shape index (κ1) is 9.52. The van der Waals surface area contributed by atoms with Gasteiger partial charge in [0.25, 0.3) is 0 Å². The van der Waals surface area contributed by atoms with Crippen LogP contribution in [0.5, 0.6) is 0 Å². The monoisotopic (exact) mass is 184 g/mol. The molecule has 0 aliphatic heterocycles. The molecule has 0 saturated carbocycles. The first-order valence-electron chi connectivity index (χ1n) is 4.55. The first-order chi connectivity index (χ1) is 5.86. The average molecular weight is 184 g/mol. The van der Waals surface area contributed by atoms with Crippen molar-refractivity contribution in [1.82, 2.24) is 4.98 Å². The predicted molar refractivity (Wildman–Crippen MR) is 54.9 cm³/mol. The lowest BCUT2D eigenvalue weighted by molar-refractivity contribution is 0.833. The molecule has 0 aliphatic carbocycles. The Morgan fingerprint density at radius 2 is 2.33 bits per heavy atom. The molecule has 0 radical (unpaired) electrons. The van der Waals surface area contributed by atoms with Crippen LogP contribution in [0.2, 0.25) is 0 Å². The number of aromatic nitrogens is 1. The van der Waals surface area contributed by atoms with Crippen molar-refractivity contribution in [2.75, 3.05) is 11.9 Å². The molecule has 0 spiro atoms. The zero-order chi connectivity index (χ0) is 8.81. The summed E-state index contributed by atoms with van der Waals surface area (Å²) in [5.74, 6) is 0. The number of aryl methyl sites for hydroxylation is 1. The maximum Gasteiger partial charge on any atom is 0.182 e. The Morgan fingerprint density at radius 3 is 2.92 bits per heavy atom. The van der Waals surface area contributed by atoms with Gasteiger partial charge >= 0.3 is 0 Å². The highest BCUT2D eigenvalue weighted by molar-refractivity contribution is 7.15. The minimum absolute atomic E-state index is 1.05. The Labute approximate surface area is 78.0 Å². The van der Waals surface area contributed by atoms with Crippen LogP contribution in [0, 0.1) is 0 Å². The third-order valence-electron chi connectivity index (χ3n) is 1.71. The molecule has 3 heteroatoms. The van der Waals surface area contributed by atoms with E-state index in [1.165, 1.54) is 17.7 Å². The van der Waals surface area contributed by atoms with Crippen molar-refractivity contribution in [1.29, 1.82) is 0 Å². The lowest BCUT2D eigenvalue weighted by atomic mass is 10.3. The molecule has 68 valence electrons. The Hall–Kier alpha value is -0.570. The maximum atomic E-state index is 4.27. The number of hydrogen-bond donors (Lipinski definition) is 1. The van der Waals surface area contributed by atoms with Crippen LogP contribution in [-0.2, 0) is 6.42 Å². The van der Waals surface area contributed by atoms with Crippen LogP contribution in [-0.4, -0.2) is 11.5 Å². The average Bonchev–Trinajstić information content (AvgIpc) is 2.53. The number of anilines is 1. The second-order valence-corrected chi connectivity index (χ2v) is 3.88. The number of nitrogens with zero attached hydrogens (tertiary/aromatic N) is 1. The van der Waals surface area contributed by atoms with Crippen molar-refractivity contribution >= 4 is 16.5 Å². The zero-order valence-electron chi connectivity index (χ0n) is 7.76. The molecule has 0 unspecified atom stereocenters. The molecule has 12 heavy (non-hydrogen) atoms. The molecule has 1 N–H and O–H groups in total. The van der Waals surface area contributed by atoms with Crippen LogP contribution >= 0.6 is 11.3 Å². The van der Waals surface area contributed by atoms with E-state index in [1.807, 2.05) is 6.20 Å². The Bertz CT molecular complexity index is 220. The van der Waals surface area contributed by atoms with E-state index in [1.54, 1.807) is 11.3 Å². The molecular weight excluding hydrogens is 168 g/mol. The van der Waals surface area contributed by atoms with Gasteiger partial charge in [0.05, 0.1) is 0 Å². The lowest BCUT2D eigenvalue weighted by Gasteiger charge is -1.98. The smallest absolute Gasteiger partial charge is 0.182 e. The van der Waals surface area contributed by atoms with Crippen molar-refractivity contribution in [3.05, 3.63) is 11.1 Å². The fourth-order valence-corrected chi connectivity index (χ4v) is 1.70. The van der Waals surface area contributed by atoms with E-state index >= 15 is 0 Å². The van der Waals surface area contributed by atoms with Crippen LogP contribution in [0.3, 0.4) is 0 Å². The molecule has 1 heterocycles. The van der Waals surface area contributed by atoms with Gasteiger partial charge in [-0.15, -0.1) is 11.3 Å². The van der Waals surface area contributed by atoms with Crippen molar-refractivity contribution in [2.45, 2.75) is 33.1 Å². The van der Waals surface area contributed by atoms with Gasteiger partial charge < -0.3 is 5.32 Å². The van der Waals surface area contributed by atoms with Crippen LogP contribution in [0.1, 0.15) is 31.6 Å². The Balaban J connectivity index is 2.31. The summed E-state index contributed by atoms with van der Waals surface area (Å²) in [6.07, 6.45) is 5.51. The number of thiazole rings is 1. The second kappa shape index (κ2) is 5.14. The fourth-order valence-electron chi connectivity index (χ4n) is 0.925. The molecule has 0 amide bonds. The minimum atomic E-state index is 1.05. The van der Waals surface area contributed by atoms with E-state index in [9.17, 15) is 0 Å². The van der Waals surface area contributed by atoms with E-state index in [0.29, 0.717) is 0 Å². The zero-order valence-corrected chi connectivity index (χ0v) is 8.58. The van der Waals surface area contributed by atoms with Gasteiger partial charge in [0, 0.05) is 17.6 Å². The highest BCUT2D eigenvalue weighted by Gasteiger charge is 1.97. The van der Waals surface area contributed by atoms with E-state index in [4.69, 9.17) is 0 Å². The lowest BCUT2D eigenvalue weighted by Crippen LogP contribution is -1.99. The van der Waals surface area contributed by atoms with Crippen molar-refractivity contribution in [3.63, 3.8) is 0 Å². The molecule has 1 aromatic rings. The topological polar surface area (TPSA) is 24.9 Å². The van der Waals surface area contributed by atoms with Gasteiger partial charge in [0.1, 0.15) is 0 Å². The fraction of sp³-hybridized carbons (Fsp3) is 0.667. The van der Waals surface area contributed by atoms with Gasteiger partial charge in [-0.2, -0.15) is 0 Å². The molecule has 0 aliphatic rings. The van der Waals surface area contributed by atoms with Crippen LogP contribution < -0.4 is 5.32 Å². The predicted octanol–water partition coefficient (Wildman–Crippen LogP) is 2.92. The molecule has 1 rings (SSSR count). The van der Waals surface area contributed by atoms with Gasteiger partial charge in [-0.25, -0.2) is 4.98 Å². The maximum absolute atomic E-state index is 4.27. The summed E-state index contributed by atoms with van der Waals surface area (Å²) in [4.78, 5) is 5.62. The summed E-state index contributed by atoms with van der Waals surface area (Å²) in [6, 6.07) is 0. The van der Waals surface area contributed by atoms with E-state index < -0.39 is 0 Å². The van der Waals surface area contributed by atoms with Gasteiger partial charge in [-0.1, -0.05) is 20.3 Å². The van der Waals surface area contributed by atoms with Crippen LogP contribution in [0.25, 0.3) is 0 Å². The highest BCUT2D eigenvalue weighted by atomic mass is 32.1. The molecule has 0 saturated heterocycles. The summed E-state index contributed by atoms with van der Waals surface area (Å²) in [6.45, 7) is 5.40. The largest absolute Gasteiger partial charge is 0.362 e. The summed E-state index contributed by atoms with van der Waals surface area (Å²) in [5, 5.41) is 4.38. The number of rotatable bonds is 5. The second-order valence-electron chi connectivity index (χ2n) is 2.77. The van der Waals surface area contributed by atoms with E-state index in [-0.39, 0.29) is 0 Å². The summed E-state index contributed by atoms with van der Waals surface area (Å²) in [5.41, 5.74) is 0. The van der Waals surface area contributed by atoms with Gasteiger partial charge in [-0.05, 0) is 12.8 Å². The van der Waals surface area contributed by atoms with Crippen molar-refractivity contribution in [3.8, 4) is 0 Å².